The molecule has 9 heteroatoms. The van der Waals surface area contributed by atoms with Crippen LogP contribution in [-0.4, -0.2) is 36.6 Å². The van der Waals surface area contributed by atoms with Gasteiger partial charge >= 0.3 is 5.97 Å². The molecule has 0 spiro atoms. The smallest absolute Gasteiger partial charge is 0.338 e. The van der Waals surface area contributed by atoms with E-state index in [4.69, 9.17) is 18.9 Å². The number of nitrogens with zero attached hydrogens (tertiary/aromatic N) is 2. The van der Waals surface area contributed by atoms with Gasteiger partial charge in [0.15, 0.2) is 17.2 Å². The Hall–Kier alpha value is -3.88. The molecule has 0 aliphatic rings. The molecule has 0 saturated heterocycles. The van der Waals surface area contributed by atoms with E-state index >= 15 is 0 Å². The number of hydrogen-bond acceptors (Lipinski definition) is 8. The van der Waals surface area contributed by atoms with Crippen LogP contribution in [0.1, 0.15) is 54.2 Å². The fraction of sp³-hybridized carbons (Fsp3) is 0.333. The maximum atomic E-state index is 12.9. The van der Waals surface area contributed by atoms with Gasteiger partial charge < -0.3 is 24.2 Å². The van der Waals surface area contributed by atoms with Gasteiger partial charge in [0.2, 0.25) is 17.0 Å². The fourth-order valence-corrected chi connectivity index (χ4v) is 3.34. The molecule has 33 heavy (non-hydrogen) atoms. The number of benzene rings is 2. The number of hydrogen-bond donors (Lipinski definition) is 0. The van der Waals surface area contributed by atoms with Gasteiger partial charge in [0.25, 0.3) is 5.69 Å². The van der Waals surface area contributed by atoms with E-state index in [2.05, 4.69) is 4.98 Å². The molecule has 1 heterocycles. The van der Waals surface area contributed by atoms with Gasteiger partial charge in [-0.15, -0.1) is 0 Å². The zero-order chi connectivity index (χ0) is 24.0. The molecule has 0 fully saturated rings. The van der Waals surface area contributed by atoms with E-state index in [1.807, 2.05) is 20.8 Å². The van der Waals surface area contributed by atoms with Crippen molar-refractivity contribution in [3.63, 3.8) is 0 Å². The summed E-state index contributed by atoms with van der Waals surface area (Å²) in [4.78, 5) is 29.4. The summed E-state index contributed by atoms with van der Waals surface area (Å²) in [5, 5.41) is 12.7. The van der Waals surface area contributed by atoms with Crippen LogP contribution in [0.5, 0.6) is 17.2 Å². The minimum Gasteiger partial charge on any atom is -0.618 e. The van der Waals surface area contributed by atoms with Crippen LogP contribution in [0.4, 0.5) is 0 Å². The molecular formula is C24H26N2O7. The predicted molar refractivity (Wildman–Crippen MR) is 120 cm³/mol. The average Bonchev–Trinajstić information content (AvgIpc) is 2.79. The van der Waals surface area contributed by atoms with E-state index < -0.39 is 11.8 Å². The molecule has 0 unspecified atom stereocenters. The van der Waals surface area contributed by atoms with E-state index in [9.17, 15) is 14.8 Å². The van der Waals surface area contributed by atoms with Crippen molar-refractivity contribution in [1.29, 1.82) is 0 Å². The van der Waals surface area contributed by atoms with Crippen LogP contribution in [0.25, 0.3) is 11.0 Å². The molecule has 0 amide bonds. The normalized spacial score (nSPS) is 10.7. The summed E-state index contributed by atoms with van der Waals surface area (Å²) in [7, 11) is 0. The Bertz CT molecular complexity index is 1150. The van der Waals surface area contributed by atoms with Gasteiger partial charge in [0.1, 0.15) is 12.1 Å². The standard InChI is InChI=1S/C24H26N2O7/c1-5-30-20-12-16(13-21(31-6-2)23(20)32-7-3)24(28)33-14-18-22(15(4)27)26(29)19-11-9-8-10-17(19)25-18/h8-13H,5-7,14H2,1-4H3. The molecular weight excluding hydrogens is 428 g/mol. The lowest BCUT2D eigenvalue weighted by atomic mass is 10.1. The van der Waals surface area contributed by atoms with Crippen LogP contribution in [0.2, 0.25) is 0 Å². The van der Waals surface area contributed by atoms with Crippen LogP contribution in [-0.2, 0) is 11.3 Å². The largest absolute Gasteiger partial charge is 0.618 e. The molecule has 3 rings (SSSR count). The van der Waals surface area contributed by atoms with E-state index in [0.717, 1.165) is 0 Å². The lowest BCUT2D eigenvalue weighted by molar-refractivity contribution is -0.580. The zero-order valence-electron chi connectivity index (χ0n) is 19.0. The molecule has 0 N–H and O–H groups in total. The highest BCUT2D eigenvalue weighted by molar-refractivity contribution is 5.93. The number of Topliss-reactive ketones (excluding diaryl/α,β-unsaturated/α-hetero) is 1. The van der Waals surface area contributed by atoms with Gasteiger partial charge in [-0.25, -0.2) is 9.78 Å². The minimum atomic E-state index is -0.693. The van der Waals surface area contributed by atoms with Gasteiger partial charge in [-0.05, 0) is 39.0 Å². The van der Waals surface area contributed by atoms with Gasteiger partial charge in [0, 0.05) is 13.0 Å². The Morgan fingerprint density at radius 1 is 0.970 bits per heavy atom. The summed E-state index contributed by atoms with van der Waals surface area (Å²) in [6, 6.07) is 9.64. The molecule has 0 aliphatic carbocycles. The topological polar surface area (TPSA) is 111 Å². The molecule has 0 aliphatic heterocycles. The Kier molecular flexibility index (Phi) is 7.66. The van der Waals surface area contributed by atoms with E-state index in [0.29, 0.717) is 47.3 Å². The first-order valence-electron chi connectivity index (χ1n) is 10.7. The number of rotatable bonds is 10. The van der Waals surface area contributed by atoms with Crippen LogP contribution in [0.15, 0.2) is 36.4 Å². The Morgan fingerprint density at radius 3 is 2.15 bits per heavy atom. The zero-order valence-corrected chi connectivity index (χ0v) is 19.0. The third-order valence-corrected chi connectivity index (χ3v) is 4.65. The third kappa shape index (κ3) is 5.14. The second-order valence-corrected chi connectivity index (χ2v) is 6.92. The number of fused-ring (bicyclic) bond motifs is 1. The molecule has 0 atom stereocenters. The van der Waals surface area contributed by atoms with Gasteiger partial charge in [-0.2, -0.15) is 4.73 Å². The second kappa shape index (κ2) is 10.6. The number of ketones is 1. The molecule has 0 bridgehead atoms. The maximum Gasteiger partial charge on any atom is 0.338 e. The molecule has 174 valence electrons. The highest BCUT2D eigenvalue weighted by Crippen LogP contribution is 2.39. The second-order valence-electron chi connectivity index (χ2n) is 6.92. The van der Waals surface area contributed by atoms with E-state index in [1.165, 1.54) is 19.1 Å². The number of aromatic nitrogens is 2. The number of esters is 1. The van der Waals surface area contributed by atoms with Crippen molar-refractivity contribution in [2.75, 3.05) is 19.8 Å². The minimum absolute atomic E-state index is 0.0746. The lowest BCUT2D eigenvalue weighted by Gasteiger charge is -2.17. The van der Waals surface area contributed by atoms with Crippen molar-refractivity contribution < 1.29 is 33.3 Å². The fourth-order valence-electron chi connectivity index (χ4n) is 3.34. The van der Waals surface area contributed by atoms with Crippen molar-refractivity contribution in [2.24, 2.45) is 0 Å². The summed E-state index contributed by atoms with van der Waals surface area (Å²) in [5.41, 5.74) is 0.725. The van der Waals surface area contributed by atoms with E-state index in [1.54, 1.807) is 24.3 Å². The van der Waals surface area contributed by atoms with E-state index in [-0.39, 0.29) is 29.1 Å². The Balaban J connectivity index is 1.94. The first-order chi connectivity index (χ1) is 15.9. The van der Waals surface area contributed by atoms with Crippen LogP contribution < -0.4 is 18.9 Å². The molecule has 0 radical (unpaired) electrons. The summed E-state index contributed by atoms with van der Waals surface area (Å²) in [5.74, 6) is -0.0690. The molecule has 3 aromatic rings. The van der Waals surface area contributed by atoms with Crippen molar-refractivity contribution in [3.8, 4) is 17.2 Å². The first kappa shape index (κ1) is 23.8. The number of carbonyl (C=O) groups is 2. The average molecular weight is 454 g/mol. The van der Waals surface area contributed by atoms with Crippen molar-refractivity contribution >= 4 is 22.8 Å². The quantitative estimate of drug-likeness (QED) is 0.198. The number of ether oxygens (including phenoxy) is 4. The Labute approximate surface area is 191 Å². The Morgan fingerprint density at radius 2 is 1.58 bits per heavy atom. The lowest BCUT2D eigenvalue weighted by Crippen LogP contribution is -2.37. The van der Waals surface area contributed by atoms with Crippen molar-refractivity contribution in [2.45, 2.75) is 34.3 Å². The number of carbonyl (C=O) groups excluding carboxylic acids is 2. The molecule has 1 aromatic heterocycles. The molecule has 2 aromatic carbocycles. The van der Waals surface area contributed by atoms with Crippen LogP contribution >= 0.6 is 0 Å². The van der Waals surface area contributed by atoms with Crippen LogP contribution in [0, 0.1) is 5.21 Å². The summed E-state index contributed by atoms with van der Waals surface area (Å²) < 4.78 is 22.8. The maximum absolute atomic E-state index is 12.9. The number of para-hydroxylation sites is 2. The summed E-state index contributed by atoms with van der Waals surface area (Å²) in [6.45, 7) is 7.47. The van der Waals surface area contributed by atoms with Gasteiger partial charge in [-0.1, -0.05) is 12.1 Å². The molecule has 0 saturated carbocycles. The predicted octanol–water partition coefficient (Wildman–Crippen LogP) is 3.62. The third-order valence-electron chi connectivity index (χ3n) is 4.65. The summed E-state index contributed by atoms with van der Waals surface area (Å²) in [6.07, 6.45) is 0. The highest BCUT2D eigenvalue weighted by Gasteiger charge is 2.25. The first-order valence-corrected chi connectivity index (χ1v) is 10.7. The van der Waals surface area contributed by atoms with Crippen molar-refractivity contribution in [3.05, 3.63) is 58.6 Å². The summed E-state index contributed by atoms with van der Waals surface area (Å²) >= 11 is 0. The van der Waals surface area contributed by atoms with Gasteiger partial charge in [0.05, 0.1) is 25.4 Å². The molecule has 9 nitrogen and oxygen atoms in total. The SMILES string of the molecule is CCOc1cc(C(=O)OCc2nc3ccccc3[n+]([O-])c2C(C)=O)cc(OCC)c1OCC. The van der Waals surface area contributed by atoms with Crippen LogP contribution in [0.3, 0.4) is 0 Å². The van der Waals surface area contributed by atoms with Crippen molar-refractivity contribution in [1.82, 2.24) is 4.98 Å². The highest BCUT2D eigenvalue weighted by atomic mass is 16.5. The van der Waals surface area contributed by atoms with Gasteiger partial charge in [-0.3, -0.25) is 4.79 Å². The monoisotopic (exact) mass is 454 g/mol.